The van der Waals surface area contributed by atoms with Gasteiger partial charge < -0.3 is 20.3 Å². The predicted octanol–water partition coefficient (Wildman–Crippen LogP) is 4.36. The number of amides is 2. The van der Waals surface area contributed by atoms with Crippen LogP contribution in [0.4, 0.5) is 10.5 Å². The molecule has 0 fully saturated rings. The van der Waals surface area contributed by atoms with E-state index >= 15 is 0 Å². The number of carboxylic acid groups (broad SMARTS) is 1. The summed E-state index contributed by atoms with van der Waals surface area (Å²) in [6, 6.07) is 16.5. The van der Waals surface area contributed by atoms with Gasteiger partial charge in [-0.15, -0.1) is 0 Å². The second-order valence-corrected chi connectivity index (χ2v) is 7.48. The van der Waals surface area contributed by atoms with Gasteiger partial charge in [-0.3, -0.25) is 0 Å². The molecule has 0 saturated carbocycles. The second-order valence-electron chi connectivity index (χ2n) is 7.48. The summed E-state index contributed by atoms with van der Waals surface area (Å²) in [5, 5.41) is 16.7. The maximum absolute atomic E-state index is 12.4. The number of rotatable bonds is 5. The van der Waals surface area contributed by atoms with E-state index in [9.17, 15) is 14.7 Å². The van der Waals surface area contributed by atoms with Gasteiger partial charge in [-0.2, -0.15) is 0 Å². The molecule has 0 saturated heterocycles. The number of fused-ring (bicyclic) bond motifs is 3. The highest BCUT2D eigenvalue weighted by atomic mass is 16.4. The van der Waals surface area contributed by atoms with Crippen LogP contribution >= 0.6 is 0 Å². The molecule has 1 heterocycles. The molecule has 2 atom stereocenters. The Morgan fingerprint density at radius 2 is 1.86 bits per heavy atom. The monoisotopic (exact) mass is 391 g/mol. The lowest BCUT2D eigenvalue weighted by molar-refractivity contribution is -0.140. The lowest BCUT2D eigenvalue weighted by Gasteiger charge is -2.26. The average Bonchev–Trinajstić information content (AvgIpc) is 3.03. The molecule has 1 aliphatic carbocycles. The van der Waals surface area contributed by atoms with Crippen LogP contribution in [0.1, 0.15) is 37.1 Å². The molecule has 1 aliphatic rings. The van der Waals surface area contributed by atoms with Crippen molar-refractivity contribution in [2.75, 3.05) is 5.32 Å². The highest BCUT2D eigenvalue weighted by Crippen LogP contribution is 2.35. The van der Waals surface area contributed by atoms with Crippen molar-refractivity contribution >= 4 is 28.6 Å². The van der Waals surface area contributed by atoms with Gasteiger partial charge in [0, 0.05) is 28.3 Å². The molecule has 150 valence electrons. The molecular formula is C23H25N3O3. The minimum absolute atomic E-state index is 0.00960. The quantitative estimate of drug-likeness (QED) is 0.604. The molecule has 0 spiro atoms. The Morgan fingerprint density at radius 1 is 1.14 bits per heavy atom. The van der Waals surface area contributed by atoms with Crippen LogP contribution in [0, 0.1) is 0 Å². The number of nitrogens with one attached hydrogen (secondary N) is 2. The standard InChI is InChI=1S/C23H25N3O3/c1-2-19(22(27)28)26-20-11-7-6-10-17(20)18-14-16(12-13-21(18)26)25-23(29)24-15-8-4-3-5-9-15/h3-11,16,19H,2,12-14H2,1H3,(H,27,28)(H2,24,25,29). The molecule has 2 unspecified atom stereocenters. The van der Waals surface area contributed by atoms with Crippen molar-refractivity contribution in [1.82, 2.24) is 9.88 Å². The zero-order chi connectivity index (χ0) is 20.4. The summed E-state index contributed by atoms with van der Waals surface area (Å²) >= 11 is 0. The SMILES string of the molecule is CCC(C(=O)O)n1c2c(c3ccccc31)CC(NC(=O)Nc1ccccc1)CC2. The fourth-order valence-electron chi connectivity index (χ4n) is 4.36. The Morgan fingerprint density at radius 3 is 2.59 bits per heavy atom. The third-order valence-corrected chi connectivity index (χ3v) is 5.66. The third-order valence-electron chi connectivity index (χ3n) is 5.66. The van der Waals surface area contributed by atoms with Gasteiger partial charge in [0.1, 0.15) is 6.04 Å². The summed E-state index contributed by atoms with van der Waals surface area (Å²) < 4.78 is 1.99. The topological polar surface area (TPSA) is 83.4 Å². The molecule has 2 aromatic carbocycles. The highest BCUT2D eigenvalue weighted by molar-refractivity contribution is 5.90. The lowest BCUT2D eigenvalue weighted by atomic mass is 9.91. The zero-order valence-electron chi connectivity index (χ0n) is 16.4. The summed E-state index contributed by atoms with van der Waals surface area (Å²) in [5.41, 5.74) is 3.95. The third kappa shape index (κ3) is 3.70. The number of aromatic nitrogens is 1. The molecule has 6 heteroatoms. The zero-order valence-corrected chi connectivity index (χ0v) is 16.4. The first kappa shape index (κ1) is 19.1. The minimum Gasteiger partial charge on any atom is -0.480 e. The van der Waals surface area contributed by atoms with E-state index in [1.807, 2.05) is 66.1 Å². The number of anilines is 1. The van der Waals surface area contributed by atoms with Gasteiger partial charge >= 0.3 is 12.0 Å². The first-order chi connectivity index (χ1) is 14.1. The Hall–Kier alpha value is -3.28. The van der Waals surface area contributed by atoms with Gasteiger partial charge in [0.25, 0.3) is 0 Å². The van der Waals surface area contributed by atoms with Crippen molar-refractivity contribution in [3.8, 4) is 0 Å². The van der Waals surface area contributed by atoms with Crippen molar-refractivity contribution in [1.29, 1.82) is 0 Å². The summed E-state index contributed by atoms with van der Waals surface area (Å²) in [7, 11) is 0. The van der Waals surface area contributed by atoms with Crippen LogP contribution in [0.5, 0.6) is 0 Å². The Bertz CT molecular complexity index is 1040. The first-order valence-corrected chi connectivity index (χ1v) is 10.0. The first-order valence-electron chi connectivity index (χ1n) is 10.0. The van der Waals surface area contributed by atoms with E-state index in [-0.39, 0.29) is 12.1 Å². The smallest absolute Gasteiger partial charge is 0.326 e. The van der Waals surface area contributed by atoms with E-state index in [4.69, 9.17) is 0 Å². The van der Waals surface area contributed by atoms with Crippen LogP contribution in [0.3, 0.4) is 0 Å². The number of benzene rings is 2. The van der Waals surface area contributed by atoms with Crippen LogP contribution in [-0.2, 0) is 17.6 Å². The molecule has 0 radical (unpaired) electrons. The van der Waals surface area contributed by atoms with Crippen LogP contribution in [0.15, 0.2) is 54.6 Å². The van der Waals surface area contributed by atoms with Crippen molar-refractivity contribution in [3.05, 3.63) is 65.9 Å². The molecule has 0 aliphatic heterocycles. The molecule has 6 nitrogen and oxygen atoms in total. The van der Waals surface area contributed by atoms with Gasteiger partial charge in [0.2, 0.25) is 0 Å². The molecule has 4 rings (SSSR count). The number of hydrogen-bond acceptors (Lipinski definition) is 2. The number of carbonyl (C=O) groups is 2. The molecule has 2 amide bonds. The normalized spacial score (nSPS) is 16.8. The number of aliphatic carboxylic acids is 1. The number of nitrogens with zero attached hydrogens (tertiary/aromatic N) is 1. The van der Waals surface area contributed by atoms with E-state index in [0.717, 1.165) is 40.7 Å². The van der Waals surface area contributed by atoms with Crippen molar-refractivity contribution in [2.45, 2.75) is 44.7 Å². The largest absolute Gasteiger partial charge is 0.480 e. The highest BCUT2D eigenvalue weighted by Gasteiger charge is 2.30. The van der Waals surface area contributed by atoms with Crippen molar-refractivity contribution in [3.63, 3.8) is 0 Å². The van der Waals surface area contributed by atoms with E-state index in [0.29, 0.717) is 12.8 Å². The van der Waals surface area contributed by atoms with E-state index in [1.165, 1.54) is 0 Å². The van der Waals surface area contributed by atoms with E-state index in [1.54, 1.807) is 0 Å². The number of para-hydroxylation sites is 2. The van der Waals surface area contributed by atoms with Gasteiger partial charge in [-0.1, -0.05) is 43.3 Å². The molecule has 29 heavy (non-hydrogen) atoms. The maximum Gasteiger partial charge on any atom is 0.326 e. The minimum atomic E-state index is -0.807. The van der Waals surface area contributed by atoms with Crippen molar-refractivity contribution in [2.24, 2.45) is 0 Å². The predicted molar refractivity (Wildman–Crippen MR) is 113 cm³/mol. The van der Waals surface area contributed by atoms with Gasteiger partial charge in [0.15, 0.2) is 0 Å². The second kappa shape index (κ2) is 7.99. The molecule has 1 aromatic heterocycles. The summed E-state index contributed by atoms with van der Waals surface area (Å²) in [6.07, 6.45) is 2.74. The van der Waals surface area contributed by atoms with Crippen LogP contribution in [0.25, 0.3) is 10.9 Å². The van der Waals surface area contributed by atoms with E-state index < -0.39 is 12.0 Å². The number of urea groups is 1. The fourth-order valence-corrected chi connectivity index (χ4v) is 4.36. The molecule has 3 aromatic rings. The lowest BCUT2D eigenvalue weighted by Crippen LogP contribution is -2.41. The van der Waals surface area contributed by atoms with Gasteiger partial charge in [0.05, 0.1) is 0 Å². The number of carbonyl (C=O) groups excluding carboxylic acids is 1. The van der Waals surface area contributed by atoms with Crippen LogP contribution < -0.4 is 10.6 Å². The Balaban J connectivity index is 1.59. The fraction of sp³-hybridized carbons (Fsp3) is 0.304. The van der Waals surface area contributed by atoms with E-state index in [2.05, 4.69) is 10.6 Å². The number of carboxylic acids is 1. The average molecular weight is 391 g/mol. The maximum atomic E-state index is 12.4. The summed E-state index contributed by atoms with van der Waals surface area (Å²) in [5.74, 6) is -0.807. The Labute approximate surface area is 169 Å². The molecule has 0 bridgehead atoms. The molecule has 3 N–H and O–H groups in total. The van der Waals surface area contributed by atoms with Gasteiger partial charge in [-0.05, 0) is 49.4 Å². The summed E-state index contributed by atoms with van der Waals surface area (Å²) in [6.45, 7) is 1.90. The van der Waals surface area contributed by atoms with Crippen LogP contribution in [0.2, 0.25) is 0 Å². The Kier molecular flexibility index (Phi) is 5.25. The van der Waals surface area contributed by atoms with Crippen molar-refractivity contribution < 1.29 is 14.7 Å². The number of hydrogen-bond donors (Lipinski definition) is 3. The van der Waals surface area contributed by atoms with Gasteiger partial charge in [-0.25, -0.2) is 9.59 Å². The van der Waals surface area contributed by atoms with Crippen LogP contribution in [-0.4, -0.2) is 27.7 Å². The molecular weight excluding hydrogens is 366 g/mol. The summed E-state index contributed by atoms with van der Waals surface area (Å²) in [4.78, 5) is 24.3.